The van der Waals surface area contributed by atoms with Gasteiger partial charge < -0.3 is 9.55 Å². The first-order valence-electron chi connectivity index (χ1n) is 6.00. The quantitative estimate of drug-likeness (QED) is 0.555. The molecule has 3 rings (SSSR count). The number of imidazole rings is 1. The minimum absolute atomic E-state index is 0.765. The first-order chi connectivity index (χ1) is 9.13. The predicted octanol–water partition coefficient (Wildman–Crippen LogP) is 3.51. The van der Waals surface area contributed by atoms with E-state index in [-0.39, 0.29) is 0 Å². The summed E-state index contributed by atoms with van der Waals surface area (Å²) in [6.45, 7) is 3.68. The average Bonchev–Trinajstić information content (AvgIpc) is 2.89. The molecule has 0 aliphatic heterocycles. The summed E-state index contributed by atoms with van der Waals surface area (Å²) < 4.78 is 6.04. The summed E-state index contributed by atoms with van der Waals surface area (Å²) in [5, 5.41) is 4.30. The van der Waals surface area contributed by atoms with Crippen molar-refractivity contribution in [3.8, 4) is 0 Å². The van der Waals surface area contributed by atoms with E-state index in [2.05, 4.69) is 55.4 Å². The summed E-state index contributed by atoms with van der Waals surface area (Å²) in [4.78, 5) is 3.25. The molecule has 1 aromatic carbocycles. The van der Waals surface area contributed by atoms with Gasteiger partial charge in [-0.05, 0) is 65.5 Å². The molecule has 0 aliphatic carbocycles. The Labute approximate surface area is 129 Å². The van der Waals surface area contributed by atoms with Gasteiger partial charge in [0.05, 0.1) is 23.8 Å². The summed E-state index contributed by atoms with van der Waals surface area (Å²) in [7, 11) is 0. The number of nitrogens with zero attached hydrogens (tertiary/aromatic N) is 3. The van der Waals surface area contributed by atoms with Crippen molar-refractivity contribution in [3.05, 3.63) is 44.5 Å². The summed E-state index contributed by atoms with van der Waals surface area (Å²) in [6, 6.07) is 6.32. The van der Waals surface area contributed by atoms with E-state index in [0.29, 0.717) is 0 Å². The van der Waals surface area contributed by atoms with Crippen LogP contribution in [-0.4, -0.2) is 19.3 Å². The van der Waals surface area contributed by atoms with Gasteiger partial charge >= 0.3 is 0 Å². The van der Waals surface area contributed by atoms with Gasteiger partial charge in [0.1, 0.15) is 0 Å². The Morgan fingerprint density at radius 2 is 2.21 bits per heavy atom. The van der Waals surface area contributed by atoms with E-state index in [0.717, 1.165) is 28.9 Å². The Morgan fingerprint density at radius 3 is 2.95 bits per heavy atom. The Hall–Kier alpha value is -1.15. The number of halogens is 1. The molecule has 0 radical (unpaired) electrons. The van der Waals surface area contributed by atoms with Crippen molar-refractivity contribution < 1.29 is 0 Å². The summed E-state index contributed by atoms with van der Waals surface area (Å²) >= 11 is 7.70. The highest BCUT2D eigenvalue weighted by Gasteiger charge is 2.05. The lowest BCUT2D eigenvalue weighted by Gasteiger charge is -2.05. The molecule has 1 N–H and O–H groups in total. The number of aromatic nitrogens is 4. The Bertz CT molecular complexity index is 783. The third-order valence-electron chi connectivity index (χ3n) is 3.05. The average molecular weight is 384 g/mol. The van der Waals surface area contributed by atoms with Gasteiger partial charge in [-0.3, -0.25) is 4.68 Å². The molecule has 0 spiro atoms. The van der Waals surface area contributed by atoms with Crippen LogP contribution in [0.5, 0.6) is 0 Å². The van der Waals surface area contributed by atoms with Crippen molar-refractivity contribution in [2.75, 3.05) is 0 Å². The van der Waals surface area contributed by atoms with Crippen LogP contribution in [0.3, 0.4) is 0 Å². The Kier molecular flexibility index (Phi) is 3.44. The largest absolute Gasteiger partial charge is 0.331 e. The Morgan fingerprint density at radius 1 is 1.37 bits per heavy atom. The standard InChI is InChI=1S/C13H13IN4S/c1-9-7-15-17(8-9)4-5-18-12-3-2-10(14)6-11(12)16-13(18)19/h2-3,6-8H,4-5H2,1H3,(H,16,19). The van der Waals surface area contributed by atoms with Gasteiger partial charge in [0.15, 0.2) is 4.77 Å². The molecule has 4 nitrogen and oxygen atoms in total. The van der Waals surface area contributed by atoms with Gasteiger partial charge in [-0.2, -0.15) is 5.10 Å². The molecular weight excluding hydrogens is 371 g/mol. The third-order valence-corrected chi connectivity index (χ3v) is 4.04. The van der Waals surface area contributed by atoms with Crippen molar-refractivity contribution in [1.82, 2.24) is 19.3 Å². The predicted molar refractivity (Wildman–Crippen MR) is 86.8 cm³/mol. The van der Waals surface area contributed by atoms with Crippen LogP contribution in [0.1, 0.15) is 5.56 Å². The minimum Gasteiger partial charge on any atom is -0.331 e. The van der Waals surface area contributed by atoms with Crippen LogP contribution in [0, 0.1) is 15.3 Å². The molecule has 2 heterocycles. The molecule has 3 aromatic rings. The maximum atomic E-state index is 5.39. The number of nitrogens with one attached hydrogen (secondary N) is 1. The number of hydrogen-bond donors (Lipinski definition) is 1. The van der Waals surface area contributed by atoms with Crippen LogP contribution in [0.25, 0.3) is 11.0 Å². The van der Waals surface area contributed by atoms with Gasteiger partial charge in [-0.1, -0.05) is 0 Å². The lowest BCUT2D eigenvalue weighted by molar-refractivity contribution is 0.537. The highest BCUT2D eigenvalue weighted by atomic mass is 127. The van der Waals surface area contributed by atoms with Gasteiger partial charge in [-0.25, -0.2) is 0 Å². The zero-order chi connectivity index (χ0) is 13.4. The first kappa shape index (κ1) is 12.9. The lowest BCUT2D eigenvalue weighted by atomic mass is 10.3. The molecule has 0 saturated heterocycles. The fourth-order valence-electron chi connectivity index (χ4n) is 2.15. The molecule has 19 heavy (non-hydrogen) atoms. The molecule has 0 bridgehead atoms. The van der Waals surface area contributed by atoms with Crippen LogP contribution < -0.4 is 0 Å². The maximum absolute atomic E-state index is 5.39. The van der Waals surface area contributed by atoms with Crippen molar-refractivity contribution in [2.45, 2.75) is 20.0 Å². The van der Waals surface area contributed by atoms with E-state index in [9.17, 15) is 0 Å². The molecule has 0 amide bonds. The first-order valence-corrected chi connectivity index (χ1v) is 7.49. The normalized spacial score (nSPS) is 11.3. The number of hydrogen-bond acceptors (Lipinski definition) is 2. The van der Waals surface area contributed by atoms with E-state index in [1.165, 1.54) is 9.13 Å². The maximum Gasteiger partial charge on any atom is 0.178 e. The number of aromatic amines is 1. The van der Waals surface area contributed by atoms with Crippen molar-refractivity contribution in [1.29, 1.82) is 0 Å². The van der Waals surface area contributed by atoms with E-state index in [1.807, 2.05) is 24.0 Å². The number of aryl methyl sites for hydroxylation is 3. The van der Waals surface area contributed by atoms with E-state index in [4.69, 9.17) is 12.2 Å². The van der Waals surface area contributed by atoms with Gasteiger partial charge in [-0.15, -0.1) is 0 Å². The van der Waals surface area contributed by atoms with Gasteiger partial charge in [0.2, 0.25) is 0 Å². The third kappa shape index (κ3) is 2.59. The number of rotatable bonds is 3. The smallest absolute Gasteiger partial charge is 0.178 e. The second-order valence-electron chi connectivity index (χ2n) is 4.52. The Balaban J connectivity index is 1.92. The topological polar surface area (TPSA) is 38.5 Å². The molecule has 98 valence electrons. The number of benzene rings is 1. The SMILES string of the molecule is Cc1cnn(CCn2c(=S)[nH]c3cc(I)ccc32)c1. The number of H-pyrrole nitrogens is 1. The minimum atomic E-state index is 0.765. The second-order valence-corrected chi connectivity index (χ2v) is 6.16. The van der Waals surface area contributed by atoms with E-state index >= 15 is 0 Å². The molecule has 0 unspecified atom stereocenters. The van der Waals surface area contributed by atoms with Gasteiger partial charge in [0.25, 0.3) is 0 Å². The zero-order valence-corrected chi connectivity index (χ0v) is 13.4. The number of fused-ring (bicyclic) bond motifs is 1. The molecule has 0 atom stereocenters. The highest BCUT2D eigenvalue weighted by molar-refractivity contribution is 14.1. The van der Waals surface area contributed by atoms with Crippen LogP contribution in [0.2, 0.25) is 0 Å². The monoisotopic (exact) mass is 384 g/mol. The van der Waals surface area contributed by atoms with Crippen LogP contribution in [0.4, 0.5) is 0 Å². The molecular formula is C13H13IN4S. The van der Waals surface area contributed by atoms with Crippen molar-refractivity contribution in [2.24, 2.45) is 0 Å². The van der Waals surface area contributed by atoms with Crippen molar-refractivity contribution >= 4 is 45.8 Å². The summed E-state index contributed by atoms with van der Waals surface area (Å²) in [5.74, 6) is 0. The molecule has 6 heteroatoms. The van der Waals surface area contributed by atoms with Crippen LogP contribution in [0.15, 0.2) is 30.6 Å². The molecule has 2 aromatic heterocycles. The molecule has 0 aliphatic rings. The zero-order valence-electron chi connectivity index (χ0n) is 10.4. The fourth-order valence-corrected chi connectivity index (χ4v) is 2.94. The second kappa shape index (κ2) is 5.09. The molecule has 0 saturated carbocycles. The van der Waals surface area contributed by atoms with Crippen LogP contribution >= 0.6 is 34.8 Å². The highest BCUT2D eigenvalue weighted by Crippen LogP contribution is 2.17. The summed E-state index contributed by atoms with van der Waals surface area (Å²) in [6.07, 6.45) is 3.91. The van der Waals surface area contributed by atoms with E-state index in [1.54, 1.807) is 0 Å². The fraction of sp³-hybridized carbons (Fsp3) is 0.231. The summed E-state index contributed by atoms with van der Waals surface area (Å²) in [5.41, 5.74) is 3.42. The van der Waals surface area contributed by atoms with Crippen molar-refractivity contribution in [3.63, 3.8) is 0 Å². The lowest BCUT2D eigenvalue weighted by Crippen LogP contribution is -2.07. The molecule has 0 fully saturated rings. The van der Waals surface area contributed by atoms with Gasteiger partial charge in [0, 0.05) is 16.3 Å². The van der Waals surface area contributed by atoms with E-state index < -0.39 is 0 Å². The van der Waals surface area contributed by atoms with Crippen LogP contribution in [-0.2, 0) is 13.1 Å².